The van der Waals surface area contributed by atoms with Crippen LogP contribution in [0.1, 0.15) is 26.2 Å². The molecule has 0 bridgehead atoms. The van der Waals surface area contributed by atoms with Gasteiger partial charge in [0.05, 0.1) is 17.3 Å². The van der Waals surface area contributed by atoms with E-state index in [2.05, 4.69) is 5.32 Å². The molecule has 0 radical (unpaired) electrons. The average molecular weight is 346 g/mol. The van der Waals surface area contributed by atoms with E-state index in [0.29, 0.717) is 41.7 Å². The molecule has 1 aromatic carbocycles. The van der Waals surface area contributed by atoms with Crippen molar-refractivity contribution in [1.29, 1.82) is 0 Å². The SMILES string of the molecule is CCCN(CC(=O)Nc1cc(Cl)ccc1Cl)C(=O)CCCN. The normalized spacial score (nSPS) is 10.4. The van der Waals surface area contributed by atoms with Gasteiger partial charge in [0.25, 0.3) is 0 Å². The lowest BCUT2D eigenvalue weighted by molar-refractivity contribution is -0.134. The number of halogens is 2. The number of hydrogen-bond donors (Lipinski definition) is 2. The van der Waals surface area contributed by atoms with Gasteiger partial charge in [-0.1, -0.05) is 30.1 Å². The number of nitrogens with zero attached hydrogens (tertiary/aromatic N) is 1. The van der Waals surface area contributed by atoms with Gasteiger partial charge in [0.2, 0.25) is 11.8 Å². The topological polar surface area (TPSA) is 75.4 Å². The molecule has 0 aromatic heterocycles. The maximum atomic E-state index is 12.1. The molecule has 0 saturated carbocycles. The van der Waals surface area contributed by atoms with Crippen molar-refractivity contribution in [3.05, 3.63) is 28.2 Å². The van der Waals surface area contributed by atoms with Crippen LogP contribution in [0.3, 0.4) is 0 Å². The second kappa shape index (κ2) is 9.66. The van der Waals surface area contributed by atoms with Gasteiger partial charge in [0.15, 0.2) is 0 Å². The van der Waals surface area contributed by atoms with Gasteiger partial charge in [-0.05, 0) is 37.6 Å². The summed E-state index contributed by atoms with van der Waals surface area (Å²) in [5.41, 5.74) is 5.84. The molecule has 5 nitrogen and oxygen atoms in total. The summed E-state index contributed by atoms with van der Waals surface area (Å²) < 4.78 is 0. The third-order valence-electron chi connectivity index (χ3n) is 2.98. The summed E-state index contributed by atoms with van der Waals surface area (Å²) in [6.45, 7) is 2.92. The Morgan fingerprint density at radius 2 is 2.05 bits per heavy atom. The molecule has 2 amide bonds. The number of nitrogens with one attached hydrogen (secondary N) is 1. The van der Waals surface area contributed by atoms with Crippen LogP contribution in [0, 0.1) is 0 Å². The Balaban J connectivity index is 2.66. The van der Waals surface area contributed by atoms with E-state index in [1.54, 1.807) is 18.2 Å². The summed E-state index contributed by atoms with van der Waals surface area (Å²) >= 11 is 11.9. The van der Waals surface area contributed by atoms with Crippen molar-refractivity contribution in [2.45, 2.75) is 26.2 Å². The molecule has 1 aromatic rings. The smallest absolute Gasteiger partial charge is 0.244 e. The number of anilines is 1. The summed E-state index contributed by atoms with van der Waals surface area (Å²) in [4.78, 5) is 25.7. The molecule has 0 fully saturated rings. The zero-order valence-electron chi connectivity index (χ0n) is 12.6. The molecule has 0 aliphatic carbocycles. The maximum absolute atomic E-state index is 12.1. The molecule has 122 valence electrons. The largest absolute Gasteiger partial charge is 0.333 e. The summed E-state index contributed by atoms with van der Waals surface area (Å²) in [6, 6.07) is 4.82. The predicted molar refractivity (Wildman–Crippen MR) is 90.3 cm³/mol. The minimum atomic E-state index is -0.307. The van der Waals surface area contributed by atoms with Crippen molar-refractivity contribution in [2.75, 3.05) is 25.0 Å². The number of benzene rings is 1. The predicted octanol–water partition coefficient (Wildman–Crippen LogP) is 2.91. The van der Waals surface area contributed by atoms with Crippen LogP contribution in [-0.2, 0) is 9.59 Å². The molecule has 0 saturated heterocycles. The number of nitrogens with two attached hydrogens (primary N) is 1. The van der Waals surface area contributed by atoms with Gasteiger partial charge in [0.1, 0.15) is 0 Å². The van der Waals surface area contributed by atoms with Crippen LogP contribution in [0.5, 0.6) is 0 Å². The molecule has 0 aliphatic heterocycles. The van der Waals surface area contributed by atoms with E-state index in [1.807, 2.05) is 6.92 Å². The van der Waals surface area contributed by atoms with Crippen molar-refractivity contribution >= 4 is 40.7 Å². The standard InChI is InChI=1S/C15H21Cl2N3O2/c1-2-8-20(15(22)4-3-7-18)10-14(21)19-13-9-11(16)5-6-12(13)17/h5-6,9H,2-4,7-8,10,18H2,1H3,(H,19,21). The molecule has 0 spiro atoms. The van der Waals surface area contributed by atoms with Crippen molar-refractivity contribution in [3.63, 3.8) is 0 Å². The Morgan fingerprint density at radius 3 is 2.68 bits per heavy atom. The lowest BCUT2D eigenvalue weighted by Crippen LogP contribution is -2.38. The second-order valence-corrected chi connectivity index (χ2v) is 5.72. The van der Waals surface area contributed by atoms with Crippen LogP contribution in [0.2, 0.25) is 10.0 Å². The highest BCUT2D eigenvalue weighted by molar-refractivity contribution is 6.35. The molecule has 22 heavy (non-hydrogen) atoms. The Bertz CT molecular complexity index is 524. The van der Waals surface area contributed by atoms with Crippen LogP contribution in [0.4, 0.5) is 5.69 Å². The van der Waals surface area contributed by atoms with Crippen molar-refractivity contribution < 1.29 is 9.59 Å². The molecule has 0 aliphatic rings. The highest BCUT2D eigenvalue weighted by atomic mass is 35.5. The summed E-state index contributed by atoms with van der Waals surface area (Å²) in [5, 5.41) is 3.55. The van der Waals surface area contributed by atoms with Crippen LogP contribution in [0.25, 0.3) is 0 Å². The lowest BCUT2D eigenvalue weighted by Gasteiger charge is -2.21. The molecule has 1 rings (SSSR count). The van der Waals surface area contributed by atoms with Crippen molar-refractivity contribution in [3.8, 4) is 0 Å². The van der Waals surface area contributed by atoms with E-state index < -0.39 is 0 Å². The first-order valence-corrected chi connectivity index (χ1v) is 7.96. The Hall–Kier alpha value is -1.30. The number of carbonyl (C=O) groups excluding carboxylic acids is 2. The first kappa shape index (κ1) is 18.7. The van der Waals surface area contributed by atoms with Crippen LogP contribution in [-0.4, -0.2) is 36.3 Å². The molecule has 0 atom stereocenters. The van der Waals surface area contributed by atoms with Crippen LogP contribution >= 0.6 is 23.2 Å². The first-order valence-electron chi connectivity index (χ1n) is 7.20. The van der Waals surface area contributed by atoms with Gasteiger partial charge < -0.3 is 16.0 Å². The number of rotatable bonds is 8. The van der Waals surface area contributed by atoms with Gasteiger partial charge in [-0.15, -0.1) is 0 Å². The fraction of sp³-hybridized carbons (Fsp3) is 0.467. The van der Waals surface area contributed by atoms with E-state index in [9.17, 15) is 9.59 Å². The van der Waals surface area contributed by atoms with Gasteiger partial charge in [0, 0.05) is 18.0 Å². The fourth-order valence-corrected chi connectivity index (χ4v) is 2.27. The van der Waals surface area contributed by atoms with Crippen LogP contribution in [0.15, 0.2) is 18.2 Å². The minimum absolute atomic E-state index is 0.0138. The zero-order chi connectivity index (χ0) is 16.5. The van der Waals surface area contributed by atoms with E-state index in [-0.39, 0.29) is 18.4 Å². The van der Waals surface area contributed by atoms with E-state index in [1.165, 1.54) is 4.90 Å². The zero-order valence-corrected chi connectivity index (χ0v) is 14.1. The van der Waals surface area contributed by atoms with Crippen LogP contribution < -0.4 is 11.1 Å². The van der Waals surface area contributed by atoms with E-state index in [4.69, 9.17) is 28.9 Å². The maximum Gasteiger partial charge on any atom is 0.244 e. The molecule has 3 N–H and O–H groups in total. The molecular formula is C15H21Cl2N3O2. The molecule has 0 heterocycles. The second-order valence-electron chi connectivity index (χ2n) is 4.88. The quantitative estimate of drug-likeness (QED) is 0.760. The van der Waals surface area contributed by atoms with Gasteiger partial charge in [-0.25, -0.2) is 0 Å². The fourth-order valence-electron chi connectivity index (χ4n) is 1.93. The Morgan fingerprint density at radius 1 is 1.32 bits per heavy atom. The van der Waals surface area contributed by atoms with Crippen molar-refractivity contribution in [2.24, 2.45) is 5.73 Å². The minimum Gasteiger partial charge on any atom is -0.333 e. The number of carbonyl (C=O) groups is 2. The summed E-state index contributed by atoms with van der Waals surface area (Å²) in [7, 11) is 0. The van der Waals surface area contributed by atoms with Crippen molar-refractivity contribution in [1.82, 2.24) is 4.90 Å². The first-order chi connectivity index (χ1) is 10.5. The Labute approximate surface area is 140 Å². The monoisotopic (exact) mass is 345 g/mol. The lowest BCUT2D eigenvalue weighted by atomic mass is 10.2. The summed E-state index contributed by atoms with van der Waals surface area (Å²) in [6.07, 6.45) is 1.74. The highest BCUT2D eigenvalue weighted by Gasteiger charge is 2.16. The average Bonchev–Trinajstić information content (AvgIpc) is 2.48. The number of amides is 2. The highest BCUT2D eigenvalue weighted by Crippen LogP contribution is 2.25. The van der Waals surface area contributed by atoms with E-state index >= 15 is 0 Å². The van der Waals surface area contributed by atoms with Gasteiger partial charge in [-0.3, -0.25) is 9.59 Å². The molecular weight excluding hydrogens is 325 g/mol. The summed E-state index contributed by atoms with van der Waals surface area (Å²) in [5.74, 6) is -0.377. The van der Waals surface area contributed by atoms with Gasteiger partial charge >= 0.3 is 0 Å². The van der Waals surface area contributed by atoms with E-state index in [0.717, 1.165) is 6.42 Å². The number of hydrogen-bond acceptors (Lipinski definition) is 3. The Kier molecular flexibility index (Phi) is 8.24. The van der Waals surface area contributed by atoms with Gasteiger partial charge in [-0.2, -0.15) is 0 Å². The third kappa shape index (κ3) is 6.22. The third-order valence-corrected chi connectivity index (χ3v) is 3.54. The molecule has 0 unspecified atom stereocenters. The molecule has 7 heteroatoms.